The lowest BCUT2D eigenvalue weighted by Gasteiger charge is -2.28. The highest BCUT2D eigenvalue weighted by molar-refractivity contribution is 5.82. The Morgan fingerprint density at radius 3 is 2.67 bits per heavy atom. The van der Waals surface area contributed by atoms with Crippen LogP contribution in [0.3, 0.4) is 0 Å². The van der Waals surface area contributed by atoms with Crippen molar-refractivity contribution in [2.75, 3.05) is 6.54 Å². The fraction of sp³-hybridized carbons (Fsp3) is 0.368. The first-order chi connectivity index (χ1) is 14.2. The maximum Gasteiger partial charge on any atom is 0.408 e. The first-order valence-electron chi connectivity index (χ1n) is 9.16. The van der Waals surface area contributed by atoms with Crippen LogP contribution < -0.4 is 10.5 Å². The normalized spacial score (nSPS) is 17.6. The van der Waals surface area contributed by atoms with E-state index in [-0.39, 0.29) is 43.1 Å². The van der Waals surface area contributed by atoms with E-state index in [9.17, 15) is 28.1 Å². The number of hydrogen-bond acceptors (Lipinski definition) is 6. The molecule has 2 atom stereocenters. The van der Waals surface area contributed by atoms with Crippen LogP contribution in [0.5, 0.6) is 11.6 Å². The molecule has 11 heteroatoms. The molecule has 3 rings (SSSR count). The molecule has 0 aliphatic carbocycles. The molecule has 1 aliphatic heterocycles. The van der Waals surface area contributed by atoms with Crippen molar-refractivity contribution in [3.63, 3.8) is 0 Å². The Balaban J connectivity index is 1.64. The number of aromatic nitrogens is 1. The number of amides is 1. The zero-order chi connectivity index (χ0) is 21.9. The van der Waals surface area contributed by atoms with E-state index in [1.807, 2.05) is 0 Å². The summed E-state index contributed by atoms with van der Waals surface area (Å²) < 4.78 is 44.6. The number of rotatable bonds is 6. The molecular weight excluding hydrogens is 405 g/mol. The van der Waals surface area contributed by atoms with Gasteiger partial charge >= 0.3 is 11.9 Å². The smallest absolute Gasteiger partial charge is 0.408 e. The predicted molar refractivity (Wildman–Crippen MR) is 99.9 cm³/mol. The molecular formula is C19H19F3N4O4. The summed E-state index contributed by atoms with van der Waals surface area (Å²) in [5, 5.41) is 11.0. The van der Waals surface area contributed by atoms with Crippen LogP contribution in [0.25, 0.3) is 0 Å². The molecule has 8 nitrogen and oxygen atoms in total. The summed E-state index contributed by atoms with van der Waals surface area (Å²) in [6.07, 6.45) is -2.90. The van der Waals surface area contributed by atoms with Crippen molar-refractivity contribution in [3.8, 4) is 11.6 Å². The van der Waals surface area contributed by atoms with E-state index in [2.05, 4.69) is 4.98 Å². The van der Waals surface area contributed by atoms with Crippen LogP contribution in [0.2, 0.25) is 0 Å². The molecule has 160 valence electrons. The Kier molecular flexibility index (Phi) is 6.20. The van der Waals surface area contributed by atoms with E-state index in [4.69, 9.17) is 10.5 Å². The third-order valence-corrected chi connectivity index (χ3v) is 4.77. The highest BCUT2D eigenvalue weighted by Crippen LogP contribution is 2.33. The summed E-state index contributed by atoms with van der Waals surface area (Å²) in [4.78, 5) is 27.5. The maximum atomic E-state index is 13.1. The van der Waals surface area contributed by atoms with Crippen molar-refractivity contribution < 1.29 is 27.6 Å². The third-order valence-electron chi connectivity index (χ3n) is 4.77. The topological polar surface area (TPSA) is 112 Å². The van der Waals surface area contributed by atoms with Gasteiger partial charge in [0.1, 0.15) is 11.8 Å². The van der Waals surface area contributed by atoms with Gasteiger partial charge in [0, 0.05) is 18.8 Å². The highest BCUT2D eigenvalue weighted by Gasteiger charge is 2.48. The minimum absolute atomic E-state index is 0.0341. The van der Waals surface area contributed by atoms with Gasteiger partial charge in [-0.15, -0.1) is 0 Å². The summed E-state index contributed by atoms with van der Waals surface area (Å²) in [5.41, 5.74) is 6.19. The number of ether oxygens (including phenoxy) is 1. The first-order valence-corrected chi connectivity index (χ1v) is 9.16. The molecule has 1 amide bonds. The average molecular weight is 424 g/mol. The Hall–Kier alpha value is -3.21. The molecule has 0 bridgehead atoms. The van der Waals surface area contributed by atoms with Crippen molar-refractivity contribution >= 4 is 11.6 Å². The van der Waals surface area contributed by atoms with Gasteiger partial charge in [-0.05, 0) is 43.0 Å². The van der Waals surface area contributed by atoms with Gasteiger partial charge < -0.3 is 15.4 Å². The van der Waals surface area contributed by atoms with Crippen molar-refractivity contribution in [2.45, 2.75) is 37.5 Å². The van der Waals surface area contributed by atoms with Crippen LogP contribution in [-0.2, 0) is 11.2 Å². The number of benzene rings is 1. The summed E-state index contributed by atoms with van der Waals surface area (Å²) in [7, 11) is 0. The lowest BCUT2D eigenvalue weighted by molar-refractivity contribution is -0.386. The molecule has 2 aromatic rings. The minimum atomic E-state index is -4.47. The van der Waals surface area contributed by atoms with E-state index < -0.39 is 29.1 Å². The van der Waals surface area contributed by atoms with Crippen LogP contribution in [0.4, 0.5) is 18.9 Å². The Morgan fingerprint density at radius 2 is 2.03 bits per heavy atom. The molecule has 1 aromatic carbocycles. The van der Waals surface area contributed by atoms with Gasteiger partial charge in [-0.25, -0.2) is 4.98 Å². The molecule has 2 N–H and O–H groups in total. The monoisotopic (exact) mass is 424 g/mol. The fourth-order valence-corrected chi connectivity index (χ4v) is 3.33. The number of nitro groups is 1. The van der Waals surface area contributed by atoms with Crippen LogP contribution in [-0.4, -0.2) is 45.5 Å². The van der Waals surface area contributed by atoms with Crippen LogP contribution in [0.15, 0.2) is 42.6 Å². The molecule has 1 fully saturated rings. The molecule has 0 spiro atoms. The number of pyridine rings is 1. The van der Waals surface area contributed by atoms with E-state index in [0.29, 0.717) is 5.56 Å². The van der Waals surface area contributed by atoms with Crippen molar-refractivity contribution in [1.29, 1.82) is 0 Å². The molecule has 1 aliphatic rings. The second kappa shape index (κ2) is 8.66. The molecule has 2 heterocycles. The molecule has 0 saturated carbocycles. The summed E-state index contributed by atoms with van der Waals surface area (Å²) in [6.45, 7) is 0.0341. The van der Waals surface area contributed by atoms with Gasteiger partial charge in [0.2, 0.25) is 5.91 Å². The summed E-state index contributed by atoms with van der Waals surface area (Å²) in [6, 6.07) is 5.96. The SMILES string of the molecule is NC(Cc1ccc(Oc2ncccc2[N+](=O)[O-])cc1)C(=O)N1CCC[C@H]1C(F)(F)F. The van der Waals surface area contributed by atoms with Crippen LogP contribution >= 0.6 is 0 Å². The second-order valence-electron chi connectivity index (χ2n) is 6.87. The van der Waals surface area contributed by atoms with Crippen molar-refractivity contribution in [1.82, 2.24) is 9.88 Å². The summed E-state index contributed by atoms with van der Waals surface area (Å²) >= 11 is 0. The van der Waals surface area contributed by atoms with Gasteiger partial charge in [-0.2, -0.15) is 13.2 Å². The summed E-state index contributed by atoms with van der Waals surface area (Å²) in [5.74, 6) is -0.634. The largest absolute Gasteiger partial charge is 0.434 e. The minimum Gasteiger partial charge on any atom is -0.434 e. The van der Waals surface area contributed by atoms with Crippen molar-refractivity contribution in [3.05, 3.63) is 58.3 Å². The Bertz CT molecular complexity index is 921. The number of likely N-dealkylation sites (tertiary alicyclic amines) is 1. The zero-order valence-corrected chi connectivity index (χ0v) is 15.7. The second-order valence-corrected chi connectivity index (χ2v) is 6.87. The van der Waals surface area contributed by atoms with Gasteiger partial charge in [0.15, 0.2) is 0 Å². The number of alkyl halides is 3. The number of hydrogen-bond donors (Lipinski definition) is 1. The quantitative estimate of drug-likeness (QED) is 0.563. The Morgan fingerprint density at radius 1 is 1.33 bits per heavy atom. The Labute approximate surface area is 169 Å². The van der Waals surface area contributed by atoms with E-state index in [0.717, 1.165) is 4.90 Å². The van der Waals surface area contributed by atoms with Gasteiger partial charge in [0.05, 0.1) is 11.0 Å². The zero-order valence-electron chi connectivity index (χ0n) is 15.7. The van der Waals surface area contributed by atoms with Crippen LogP contribution in [0.1, 0.15) is 18.4 Å². The predicted octanol–water partition coefficient (Wildman–Crippen LogP) is 3.21. The first kappa shape index (κ1) is 21.5. The number of carbonyl (C=O) groups excluding carboxylic acids is 1. The molecule has 1 saturated heterocycles. The van der Waals surface area contributed by atoms with E-state index in [1.165, 1.54) is 30.5 Å². The lowest BCUT2D eigenvalue weighted by Crippen LogP contribution is -2.51. The van der Waals surface area contributed by atoms with Gasteiger partial charge in [-0.3, -0.25) is 14.9 Å². The van der Waals surface area contributed by atoms with E-state index >= 15 is 0 Å². The average Bonchev–Trinajstić information content (AvgIpc) is 3.19. The fourth-order valence-electron chi connectivity index (χ4n) is 3.33. The standard InChI is InChI=1S/C19H19F3N4O4/c20-19(21,22)16-4-2-10-25(16)18(27)14(23)11-12-5-7-13(8-6-12)30-17-15(26(28)29)3-1-9-24-17/h1,3,5-9,14,16H,2,4,10-11,23H2/t14?,16-/m0/s1. The third kappa shape index (κ3) is 4.85. The maximum absolute atomic E-state index is 13.1. The van der Waals surface area contributed by atoms with E-state index in [1.54, 1.807) is 12.1 Å². The molecule has 30 heavy (non-hydrogen) atoms. The van der Waals surface area contributed by atoms with Gasteiger partial charge in [0.25, 0.3) is 5.88 Å². The molecule has 1 aromatic heterocycles. The number of carbonyl (C=O) groups is 1. The molecule has 1 unspecified atom stereocenters. The number of nitrogens with zero attached hydrogens (tertiary/aromatic N) is 3. The lowest BCUT2D eigenvalue weighted by atomic mass is 10.0. The highest BCUT2D eigenvalue weighted by atomic mass is 19.4. The number of halogens is 3. The number of nitrogens with two attached hydrogens (primary N) is 1. The molecule has 0 radical (unpaired) electrons. The van der Waals surface area contributed by atoms with Crippen molar-refractivity contribution in [2.24, 2.45) is 5.73 Å². The van der Waals surface area contributed by atoms with Gasteiger partial charge in [-0.1, -0.05) is 12.1 Å². The van der Waals surface area contributed by atoms with Crippen LogP contribution in [0, 0.1) is 10.1 Å².